The third-order valence-electron chi connectivity index (χ3n) is 8.00. The van der Waals surface area contributed by atoms with E-state index in [-0.39, 0.29) is 5.41 Å². The Morgan fingerprint density at radius 2 is 1.22 bits per heavy atom. The first kappa shape index (κ1) is 30.6. The van der Waals surface area contributed by atoms with E-state index in [0.717, 1.165) is 17.1 Å². The maximum atomic E-state index is 5.94. The lowest BCUT2D eigenvalue weighted by Gasteiger charge is -2.33. The van der Waals surface area contributed by atoms with Gasteiger partial charge < -0.3 is 18.9 Å². The van der Waals surface area contributed by atoms with Gasteiger partial charge in [-0.05, 0) is 79.1 Å². The van der Waals surface area contributed by atoms with E-state index >= 15 is 0 Å². The Hall–Kier alpha value is -3.34. The number of hydrogen-bond acceptors (Lipinski definition) is 4. The molecule has 0 saturated heterocycles. The third kappa shape index (κ3) is 8.58. The summed E-state index contributed by atoms with van der Waals surface area (Å²) in [7, 11) is 0. The summed E-state index contributed by atoms with van der Waals surface area (Å²) in [4.78, 5) is 0. The molecule has 1 aliphatic carbocycles. The first-order valence-electron chi connectivity index (χ1n) is 15.0. The molecule has 4 heteroatoms. The van der Waals surface area contributed by atoms with Crippen LogP contribution in [0.3, 0.4) is 0 Å². The summed E-state index contributed by atoms with van der Waals surface area (Å²) in [6.07, 6.45) is 8.40. The van der Waals surface area contributed by atoms with Crippen LogP contribution in [0.5, 0.6) is 11.5 Å². The van der Waals surface area contributed by atoms with Crippen LogP contribution in [0, 0.1) is 0 Å². The molecule has 1 fully saturated rings. The second kappa shape index (κ2) is 15.6. The molecule has 1 saturated carbocycles. The zero-order chi connectivity index (χ0) is 28.9. The second-order valence-corrected chi connectivity index (χ2v) is 11.2. The van der Waals surface area contributed by atoms with Crippen LogP contribution in [0.2, 0.25) is 0 Å². The lowest BCUT2D eigenvalue weighted by molar-refractivity contribution is 0.117. The molecule has 4 rings (SSSR count). The smallest absolute Gasteiger partial charge is 0.119 e. The molecule has 1 unspecified atom stereocenters. The van der Waals surface area contributed by atoms with Crippen molar-refractivity contribution in [3.8, 4) is 11.5 Å². The van der Waals surface area contributed by atoms with E-state index in [1.54, 1.807) is 6.08 Å². The Kier molecular flexibility index (Phi) is 11.7. The fourth-order valence-electron chi connectivity index (χ4n) is 5.64. The molecule has 0 bridgehead atoms. The van der Waals surface area contributed by atoms with Crippen molar-refractivity contribution in [2.45, 2.75) is 57.3 Å². The monoisotopic (exact) mass is 554 g/mol. The van der Waals surface area contributed by atoms with Crippen molar-refractivity contribution in [3.63, 3.8) is 0 Å². The van der Waals surface area contributed by atoms with Crippen molar-refractivity contribution < 1.29 is 18.9 Å². The van der Waals surface area contributed by atoms with Crippen molar-refractivity contribution in [3.05, 3.63) is 120 Å². The summed E-state index contributed by atoms with van der Waals surface area (Å²) in [6, 6.07) is 26.3. The average molecular weight is 555 g/mol. The number of rotatable bonds is 16. The molecule has 1 atom stereocenters. The van der Waals surface area contributed by atoms with Gasteiger partial charge in [-0.25, -0.2) is 0 Å². The first-order valence-corrected chi connectivity index (χ1v) is 15.0. The highest BCUT2D eigenvalue weighted by Gasteiger charge is 2.31. The van der Waals surface area contributed by atoms with Crippen LogP contribution < -0.4 is 9.47 Å². The molecule has 0 spiro atoms. The Morgan fingerprint density at radius 3 is 1.71 bits per heavy atom. The van der Waals surface area contributed by atoms with Crippen molar-refractivity contribution >= 4 is 0 Å². The molecule has 3 aromatic rings. The van der Waals surface area contributed by atoms with Gasteiger partial charge in [-0.3, -0.25) is 0 Å². The van der Waals surface area contributed by atoms with Crippen LogP contribution in [0.15, 0.2) is 97.6 Å². The van der Waals surface area contributed by atoms with Crippen molar-refractivity contribution in [1.82, 2.24) is 0 Å². The van der Waals surface area contributed by atoms with Gasteiger partial charge in [0.2, 0.25) is 0 Å². The molecule has 3 aromatic carbocycles. The fourth-order valence-corrected chi connectivity index (χ4v) is 5.64. The van der Waals surface area contributed by atoms with E-state index in [4.69, 9.17) is 18.9 Å². The van der Waals surface area contributed by atoms with Gasteiger partial charge in [0.1, 0.15) is 24.7 Å². The van der Waals surface area contributed by atoms with Crippen molar-refractivity contribution in [2.75, 3.05) is 39.6 Å². The molecule has 0 radical (unpaired) electrons. The van der Waals surface area contributed by atoms with Gasteiger partial charge in [-0.1, -0.05) is 86.0 Å². The fraction of sp³-hybridized carbons (Fsp3) is 0.405. The predicted octanol–water partition coefficient (Wildman–Crippen LogP) is 8.64. The quantitative estimate of drug-likeness (QED) is 0.101. The molecular formula is C37H46O4. The molecule has 1 aliphatic rings. The van der Waals surface area contributed by atoms with E-state index in [1.165, 1.54) is 54.4 Å². The van der Waals surface area contributed by atoms with Crippen molar-refractivity contribution in [1.29, 1.82) is 0 Å². The lowest BCUT2D eigenvalue weighted by atomic mass is 9.70. The van der Waals surface area contributed by atoms with Crippen LogP contribution in [0.25, 0.3) is 0 Å². The largest absolute Gasteiger partial charge is 0.491 e. The summed E-state index contributed by atoms with van der Waals surface area (Å²) in [5.74, 6) is 2.36. The van der Waals surface area contributed by atoms with E-state index in [1.807, 2.05) is 6.92 Å². The molecule has 0 heterocycles. The summed E-state index contributed by atoms with van der Waals surface area (Å²) in [5, 5.41) is 0. The molecule has 218 valence electrons. The van der Waals surface area contributed by atoms with E-state index in [0.29, 0.717) is 45.6 Å². The van der Waals surface area contributed by atoms with Crippen LogP contribution in [0.4, 0.5) is 0 Å². The number of ether oxygens (including phenoxy) is 4. The molecule has 0 amide bonds. The Balaban J connectivity index is 1.54. The van der Waals surface area contributed by atoms with Gasteiger partial charge in [0, 0.05) is 5.41 Å². The van der Waals surface area contributed by atoms with Gasteiger partial charge in [0.25, 0.3) is 0 Å². The van der Waals surface area contributed by atoms with Gasteiger partial charge >= 0.3 is 0 Å². The van der Waals surface area contributed by atoms with E-state index < -0.39 is 0 Å². The number of benzene rings is 3. The molecule has 4 nitrogen and oxygen atoms in total. The van der Waals surface area contributed by atoms with Crippen LogP contribution in [-0.2, 0) is 14.9 Å². The highest BCUT2D eigenvalue weighted by Crippen LogP contribution is 2.41. The van der Waals surface area contributed by atoms with Gasteiger partial charge in [-0.15, -0.1) is 6.58 Å². The molecule has 0 aromatic heterocycles. The topological polar surface area (TPSA) is 36.9 Å². The summed E-state index contributed by atoms with van der Waals surface area (Å²) >= 11 is 0. The predicted molar refractivity (Wildman–Crippen MR) is 168 cm³/mol. The second-order valence-electron chi connectivity index (χ2n) is 11.2. The van der Waals surface area contributed by atoms with Crippen molar-refractivity contribution in [2.24, 2.45) is 0 Å². The maximum absolute atomic E-state index is 5.94. The Bertz CT molecular complexity index is 1210. The lowest BCUT2D eigenvalue weighted by Crippen LogP contribution is -2.25. The Morgan fingerprint density at radius 1 is 0.732 bits per heavy atom. The van der Waals surface area contributed by atoms with E-state index in [2.05, 4.69) is 92.9 Å². The summed E-state index contributed by atoms with van der Waals surface area (Å²) < 4.78 is 22.9. The van der Waals surface area contributed by atoms with E-state index in [9.17, 15) is 0 Å². The number of hydrogen-bond donors (Lipinski definition) is 0. The van der Waals surface area contributed by atoms with Crippen LogP contribution in [-0.4, -0.2) is 39.6 Å². The maximum Gasteiger partial charge on any atom is 0.119 e. The highest BCUT2D eigenvalue weighted by atomic mass is 16.5. The highest BCUT2D eigenvalue weighted by molar-refractivity contribution is 5.52. The average Bonchev–Trinajstić information content (AvgIpc) is 3.01. The minimum Gasteiger partial charge on any atom is -0.491 e. The molecule has 0 N–H and O–H groups in total. The summed E-state index contributed by atoms with van der Waals surface area (Å²) in [5.41, 5.74) is 5.82. The SMILES string of the molecule is C=CCOCCOc1ccc(C(C)(c2ccc(OCCOCC(=C)C)cc2)c2ccc(C3CCCCC3)cc2)cc1. The normalized spacial score (nSPS) is 15.2. The zero-order valence-corrected chi connectivity index (χ0v) is 24.9. The minimum atomic E-state index is -0.347. The zero-order valence-electron chi connectivity index (χ0n) is 24.9. The summed E-state index contributed by atoms with van der Waals surface area (Å²) in [6.45, 7) is 15.0. The third-order valence-corrected chi connectivity index (χ3v) is 8.00. The van der Waals surface area contributed by atoms with Gasteiger partial charge in [0.15, 0.2) is 0 Å². The standard InChI is InChI=1S/C37H46O4/c1-5-23-38-24-26-40-35-19-15-33(16-20-35)37(4,32-13-11-31(12-14-32)30-9-7-6-8-10-30)34-17-21-36(22-18-34)41-27-25-39-28-29(2)3/h5,11-22,30H,1-2,6-10,23-28H2,3-4H3. The Labute approximate surface area is 247 Å². The molecule has 41 heavy (non-hydrogen) atoms. The van der Waals surface area contributed by atoms with Crippen LogP contribution >= 0.6 is 0 Å². The van der Waals surface area contributed by atoms with Crippen LogP contribution in [0.1, 0.15) is 74.1 Å². The van der Waals surface area contributed by atoms with Gasteiger partial charge in [0.05, 0.1) is 26.4 Å². The first-order chi connectivity index (χ1) is 20.0. The van der Waals surface area contributed by atoms with Gasteiger partial charge in [-0.2, -0.15) is 0 Å². The molecule has 0 aliphatic heterocycles. The molecular weight excluding hydrogens is 508 g/mol. The minimum absolute atomic E-state index is 0.347.